The number of ether oxygens (including phenoxy) is 1. The summed E-state index contributed by atoms with van der Waals surface area (Å²) in [7, 11) is 1.33. The normalized spacial score (nSPS) is 45.9. The molecule has 0 saturated heterocycles. The summed E-state index contributed by atoms with van der Waals surface area (Å²) in [5.41, 5.74) is 0.343. The van der Waals surface area contributed by atoms with Gasteiger partial charge < -0.3 is 14.9 Å². The molecule has 0 amide bonds. The fourth-order valence-electron chi connectivity index (χ4n) is 8.88. The zero-order valence-corrected chi connectivity index (χ0v) is 22.4. The van der Waals surface area contributed by atoms with Crippen LogP contribution in [0, 0.1) is 33.0 Å². The van der Waals surface area contributed by atoms with Gasteiger partial charge in [-0.25, -0.2) is 0 Å². The van der Waals surface area contributed by atoms with Gasteiger partial charge >= 0.3 is 5.97 Å². The number of methoxy groups -OCH3 is 1. The van der Waals surface area contributed by atoms with Gasteiger partial charge in [-0.3, -0.25) is 14.4 Å². The largest absolute Gasteiger partial charge is 0.504 e. The van der Waals surface area contributed by atoms with Crippen LogP contribution in [0.15, 0.2) is 46.3 Å². The Kier molecular flexibility index (Phi) is 5.11. The van der Waals surface area contributed by atoms with Crippen molar-refractivity contribution in [3.8, 4) is 0 Å². The zero-order chi connectivity index (χ0) is 26.6. The summed E-state index contributed by atoms with van der Waals surface area (Å²) in [6.45, 7) is 12.1. The molecule has 0 spiro atoms. The molecule has 0 aromatic carbocycles. The van der Waals surface area contributed by atoms with Gasteiger partial charge in [-0.2, -0.15) is 0 Å². The molecule has 3 fully saturated rings. The number of esters is 1. The number of aliphatic hydroxyl groups is 2. The van der Waals surface area contributed by atoms with Gasteiger partial charge in [-0.1, -0.05) is 45.4 Å². The number of ketones is 2. The molecule has 0 aromatic heterocycles. The van der Waals surface area contributed by atoms with E-state index in [1.165, 1.54) is 7.11 Å². The molecular weight excluding hydrogens is 456 g/mol. The van der Waals surface area contributed by atoms with Crippen LogP contribution in [0.1, 0.15) is 73.6 Å². The average Bonchev–Trinajstić information content (AvgIpc) is 2.81. The second-order valence-corrected chi connectivity index (χ2v) is 13.1. The SMILES string of the molecule is COC(=O)C1(C)CC2C(C)(CC1=O)CC(O)C1(C)C3=CC=C4C(=CC(=O)C(O)=C4C)C3(C)CCC21C. The Hall–Kier alpha value is -2.47. The summed E-state index contributed by atoms with van der Waals surface area (Å²) < 4.78 is 5.09. The molecule has 5 rings (SSSR count). The number of aliphatic hydroxyl groups excluding tert-OH is 2. The first-order chi connectivity index (χ1) is 16.6. The van der Waals surface area contributed by atoms with Crippen LogP contribution < -0.4 is 0 Å². The van der Waals surface area contributed by atoms with E-state index >= 15 is 0 Å². The van der Waals surface area contributed by atoms with Gasteiger partial charge in [-0.15, -0.1) is 0 Å². The summed E-state index contributed by atoms with van der Waals surface area (Å²) in [5.74, 6) is -1.16. The van der Waals surface area contributed by atoms with Crippen molar-refractivity contribution in [2.45, 2.75) is 79.8 Å². The predicted molar refractivity (Wildman–Crippen MR) is 135 cm³/mol. The number of hydrogen-bond acceptors (Lipinski definition) is 6. The standard InChI is InChI=1S/C30H38O6/c1-16-17-8-9-20-27(3,18(17)12-19(31)24(16)34)10-11-29(5)21-13-28(4,25(35)36-7)22(32)14-26(21,2)15-23(33)30(20,29)6/h8-9,12,21,23,33-34H,10-11,13-15H2,1-7H3. The maximum Gasteiger partial charge on any atom is 0.319 e. The fourth-order valence-corrected chi connectivity index (χ4v) is 8.88. The van der Waals surface area contributed by atoms with Crippen LogP contribution in [0.3, 0.4) is 0 Å². The van der Waals surface area contributed by atoms with Crippen molar-refractivity contribution in [1.29, 1.82) is 0 Å². The van der Waals surface area contributed by atoms with Gasteiger partial charge in [0.2, 0.25) is 5.78 Å². The summed E-state index contributed by atoms with van der Waals surface area (Å²) in [4.78, 5) is 38.8. The van der Waals surface area contributed by atoms with Crippen molar-refractivity contribution in [2.24, 2.45) is 33.0 Å². The van der Waals surface area contributed by atoms with Crippen LogP contribution in [-0.4, -0.2) is 41.0 Å². The molecule has 0 heterocycles. The number of carbonyl (C=O) groups is 3. The zero-order valence-electron chi connectivity index (χ0n) is 22.4. The Morgan fingerprint density at radius 3 is 2.36 bits per heavy atom. The van der Waals surface area contributed by atoms with Gasteiger partial charge in [0.1, 0.15) is 11.2 Å². The lowest BCUT2D eigenvalue weighted by atomic mass is 9.33. The number of allylic oxidation sites excluding steroid dienone is 6. The van der Waals surface area contributed by atoms with Crippen LogP contribution in [0.4, 0.5) is 0 Å². The van der Waals surface area contributed by atoms with Crippen LogP contribution in [-0.2, 0) is 19.1 Å². The second kappa shape index (κ2) is 7.31. The van der Waals surface area contributed by atoms with Gasteiger partial charge in [0, 0.05) is 22.8 Å². The number of hydrogen-bond donors (Lipinski definition) is 2. The highest BCUT2D eigenvalue weighted by molar-refractivity contribution is 6.06. The molecule has 194 valence electrons. The molecule has 5 aliphatic rings. The smallest absolute Gasteiger partial charge is 0.319 e. The molecule has 0 aromatic rings. The van der Waals surface area contributed by atoms with Crippen molar-refractivity contribution >= 4 is 17.5 Å². The summed E-state index contributed by atoms with van der Waals surface area (Å²) in [6, 6.07) is 0. The highest BCUT2D eigenvalue weighted by atomic mass is 16.5. The maximum absolute atomic E-state index is 13.3. The first kappa shape index (κ1) is 25.2. The first-order valence-corrected chi connectivity index (χ1v) is 13.0. The minimum Gasteiger partial charge on any atom is -0.504 e. The summed E-state index contributed by atoms with van der Waals surface area (Å²) >= 11 is 0. The number of rotatable bonds is 1. The molecule has 6 heteroatoms. The molecule has 6 nitrogen and oxygen atoms in total. The molecule has 7 atom stereocenters. The van der Waals surface area contributed by atoms with Crippen molar-refractivity contribution < 1.29 is 29.3 Å². The average molecular weight is 495 g/mol. The lowest BCUT2D eigenvalue weighted by Crippen LogP contribution is -2.68. The lowest BCUT2D eigenvalue weighted by molar-refractivity contribution is -0.211. The van der Waals surface area contributed by atoms with E-state index in [2.05, 4.69) is 33.8 Å². The summed E-state index contributed by atoms with van der Waals surface area (Å²) in [5, 5.41) is 22.2. The molecular formula is C30H38O6. The van der Waals surface area contributed by atoms with Gasteiger partial charge in [-0.05, 0) is 73.5 Å². The van der Waals surface area contributed by atoms with E-state index in [1.54, 1.807) is 19.9 Å². The van der Waals surface area contributed by atoms with Crippen LogP contribution in [0.25, 0.3) is 0 Å². The quantitative estimate of drug-likeness (QED) is 0.396. The topological polar surface area (TPSA) is 101 Å². The third kappa shape index (κ3) is 2.74. The highest BCUT2D eigenvalue weighted by Gasteiger charge is 2.71. The molecule has 2 N–H and O–H groups in total. The van der Waals surface area contributed by atoms with Gasteiger partial charge in [0.15, 0.2) is 5.76 Å². The van der Waals surface area contributed by atoms with E-state index < -0.39 is 39.1 Å². The van der Waals surface area contributed by atoms with E-state index in [9.17, 15) is 24.6 Å². The Bertz CT molecular complexity index is 1230. The van der Waals surface area contributed by atoms with Crippen LogP contribution in [0.5, 0.6) is 0 Å². The van der Waals surface area contributed by atoms with E-state index in [0.717, 1.165) is 29.6 Å². The Morgan fingerprint density at radius 2 is 1.72 bits per heavy atom. The van der Waals surface area contributed by atoms with E-state index in [0.29, 0.717) is 18.4 Å². The van der Waals surface area contributed by atoms with E-state index in [4.69, 9.17) is 4.74 Å². The minimum atomic E-state index is -1.20. The number of carbonyl (C=O) groups excluding carboxylic acids is 3. The molecule has 0 radical (unpaired) electrons. The number of fused-ring (bicyclic) bond motifs is 7. The Labute approximate surface area is 213 Å². The van der Waals surface area contributed by atoms with Gasteiger partial charge in [0.25, 0.3) is 0 Å². The minimum absolute atomic E-state index is 0.0173. The van der Waals surface area contributed by atoms with Crippen molar-refractivity contribution in [3.05, 3.63) is 46.3 Å². The second-order valence-electron chi connectivity index (χ2n) is 13.1. The first-order valence-electron chi connectivity index (χ1n) is 13.0. The Balaban J connectivity index is 1.68. The van der Waals surface area contributed by atoms with Crippen molar-refractivity contribution in [2.75, 3.05) is 7.11 Å². The van der Waals surface area contributed by atoms with Crippen molar-refractivity contribution in [3.63, 3.8) is 0 Å². The lowest BCUT2D eigenvalue weighted by Gasteiger charge is -2.70. The molecule has 0 bridgehead atoms. The molecule has 36 heavy (non-hydrogen) atoms. The molecule has 0 aliphatic heterocycles. The molecule has 5 aliphatic carbocycles. The molecule has 7 unspecified atom stereocenters. The van der Waals surface area contributed by atoms with Crippen LogP contribution >= 0.6 is 0 Å². The van der Waals surface area contributed by atoms with Crippen LogP contribution in [0.2, 0.25) is 0 Å². The highest BCUT2D eigenvalue weighted by Crippen LogP contribution is 2.75. The third-order valence-corrected chi connectivity index (χ3v) is 11.4. The predicted octanol–water partition coefficient (Wildman–Crippen LogP) is 4.94. The van der Waals surface area contributed by atoms with Gasteiger partial charge in [0.05, 0.1) is 13.2 Å². The fraction of sp³-hybridized carbons (Fsp3) is 0.633. The monoisotopic (exact) mass is 494 g/mol. The maximum atomic E-state index is 13.3. The van der Waals surface area contributed by atoms with E-state index in [1.807, 2.05) is 6.08 Å². The van der Waals surface area contributed by atoms with E-state index in [-0.39, 0.29) is 29.7 Å². The number of Topliss-reactive ketones (excluding diaryl/α,β-unsaturated/α-hetero) is 1. The van der Waals surface area contributed by atoms with Crippen molar-refractivity contribution in [1.82, 2.24) is 0 Å². The Morgan fingerprint density at radius 1 is 1.06 bits per heavy atom. The summed E-state index contributed by atoms with van der Waals surface area (Å²) in [6.07, 6.45) is 7.59. The third-order valence-electron chi connectivity index (χ3n) is 11.4. The molecule has 3 saturated carbocycles.